The van der Waals surface area contributed by atoms with E-state index in [2.05, 4.69) is 49.7 Å². The summed E-state index contributed by atoms with van der Waals surface area (Å²) in [6.07, 6.45) is 0. The van der Waals surface area contributed by atoms with Crippen LogP contribution in [0.15, 0.2) is 23.6 Å². The molecule has 0 unspecified atom stereocenters. The van der Waals surface area contributed by atoms with Gasteiger partial charge in [0.2, 0.25) is 0 Å². The first-order valence-electron chi connectivity index (χ1n) is 5.94. The number of thiazole rings is 1. The van der Waals surface area contributed by atoms with Crippen molar-refractivity contribution in [2.45, 2.75) is 27.3 Å². The number of nitrogens with zero attached hydrogens (tertiary/aromatic N) is 1. The zero-order valence-electron chi connectivity index (χ0n) is 10.6. The maximum atomic E-state index is 4.70. The highest BCUT2D eigenvalue weighted by molar-refractivity contribution is 7.13. The van der Waals surface area contributed by atoms with Crippen molar-refractivity contribution in [3.63, 3.8) is 0 Å². The van der Waals surface area contributed by atoms with Crippen molar-refractivity contribution < 1.29 is 0 Å². The highest BCUT2D eigenvalue weighted by atomic mass is 32.1. The van der Waals surface area contributed by atoms with E-state index in [1.165, 1.54) is 16.7 Å². The molecule has 17 heavy (non-hydrogen) atoms. The molecule has 0 spiro atoms. The van der Waals surface area contributed by atoms with Gasteiger partial charge in [-0.05, 0) is 31.5 Å². The Hall–Kier alpha value is -1.19. The molecule has 0 aliphatic rings. The van der Waals surface area contributed by atoms with Crippen LogP contribution in [0, 0.1) is 13.8 Å². The molecule has 3 heteroatoms. The van der Waals surface area contributed by atoms with Gasteiger partial charge < -0.3 is 5.32 Å². The van der Waals surface area contributed by atoms with Gasteiger partial charge in [0, 0.05) is 17.5 Å². The van der Waals surface area contributed by atoms with E-state index in [-0.39, 0.29) is 0 Å². The minimum atomic E-state index is 0.859. The Morgan fingerprint density at radius 2 is 1.94 bits per heavy atom. The summed E-state index contributed by atoms with van der Waals surface area (Å²) >= 11 is 1.73. The number of nitrogens with one attached hydrogen (secondary N) is 1. The zero-order valence-corrected chi connectivity index (χ0v) is 11.4. The fraction of sp³-hybridized carbons (Fsp3) is 0.357. The average Bonchev–Trinajstić information content (AvgIpc) is 2.75. The molecule has 1 heterocycles. The van der Waals surface area contributed by atoms with E-state index in [0.29, 0.717) is 0 Å². The molecule has 1 aromatic heterocycles. The number of rotatable bonds is 4. The summed E-state index contributed by atoms with van der Waals surface area (Å²) in [5.41, 5.74) is 5.03. The summed E-state index contributed by atoms with van der Waals surface area (Å²) in [4.78, 5) is 4.70. The van der Waals surface area contributed by atoms with E-state index in [9.17, 15) is 0 Å². The van der Waals surface area contributed by atoms with Gasteiger partial charge in [-0.3, -0.25) is 0 Å². The Morgan fingerprint density at radius 3 is 2.59 bits per heavy atom. The van der Waals surface area contributed by atoms with E-state index >= 15 is 0 Å². The molecule has 0 fully saturated rings. The van der Waals surface area contributed by atoms with Crippen LogP contribution in [0.5, 0.6) is 0 Å². The van der Waals surface area contributed by atoms with Crippen LogP contribution in [-0.4, -0.2) is 11.5 Å². The van der Waals surface area contributed by atoms with Gasteiger partial charge in [0.25, 0.3) is 0 Å². The molecule has 0 bridgehead atoms. The van der Waals surface area contributed by atoms with Crippen molar-refractivity contribution in [1.29, 1.82) is 0 Å². The molecule has 90 valence electrons. The lowest BCUT2D eigenvalue weighted by Crippen LogP contribution is -2.11. The standard InChI is InChI=1S/C14H18N2S/c1-4-15-8-12-9-17-14(16-12)13-10(2)6-5-7-11(13)3/h5-7,9,15H,4,8H2,1-3H3. The van der Waals surface area contributed by atoms with Crippen molar-refractivity contribution in [2.75, 3.05) is 6.54 Å². The second-order valence-corrected chi connectivity index (χ2v) is 5.05. The molecule has 1 aromatic carbocycles. The fourth-order valence-electron chi connectivity index (χ4n) is 1.91. The molecule has 0 radical (unpaired) electrons. The minimum absolute atomic E-state index is 0.859. The van der Waals surface area contributed by atoms with E-state index in [0.717, 1.165) is 23.8 Å². The molecule has 0 atom stereocenters. The van der Waals surface area contributed by atoms with Gasteiger partial charge >= 0.3 is 0 Å². The van der Waals surface area contributed by atoms with E-state index in [1.54, 1.807) is 11.3 Å². The number of aromatic nitrogens is 1. The number of benzene rings is 1. The van der Waals surface area contributed by atoms with E-state index in [1.807, 2.05) is 0 Å². The topological polar surface area (TPSA) is 24.9 Å². The summed E-state index contributed by atoms with van der Waals surface area (Å²) < 4.78 is 0. The van der Waals surface area contributed by atoms with Crippen LogP contribution in [0.4, 0.5) is 0 Å². The predicted octanol–water partition coefficient (Wildman–Crippen LogP) is 3.54. The Kier molecular flexibility index (Phi) is 3.92. The summed E-state index contributed by atoms with van der Waals surface area (Å²) in [5, 5.41) is 6.58. The van der Waals surface area contributed by atoms with Gasteiger partial charge in [0.05, 0.1) is 5.69 Å². The monoisotopic (exact) mass is 246 g/mol. The van der Waals surface area contributed by atoms with Gasteiger partial charge in [-0.2, -0.15) is 0 Å². The number of hydrogen-bond donors (Lipinski definition) is 1. The van der Waals surface area contributed by atoms with Crippen LogP contribution < -0.4 is 5.32 Å². The van der Waals surface area contributed by atoms with Gasteiger partial charge in [-0.1, -0.05) is 25.1 Å². The average molecular weight is 246 g/mol. The normalized spacial score (nSPS) is 10.8. The first-order valence-corrected chi connectivity index (χ1v) is 6.82. The summed E-state index contributed by atoms with van der Waals surface area (Å²) in [5.74, 6) is 0. The molecule has 0 aliphatic heterocycles. The molecule has 0 saturated heterocycles. The zero-order chi connectivity index (χ0) is 12.3. The molecular formula is C14H18N2S. The van der Waals surface area contributed by atoms with E-state index < -0.39 is 0 Å². The minimum Gasteiger partial charge on any atom is -0.311 e. The third kappa shape index (κ3) is 2.73. The first kappa shape index (κ1) is 12.3. The third-order valence-electron chi connectivity index (χ3n) is 2.80. The third-order valence-corrected chi connectivity index (χ3v) is 3.71. The summed E-state index contributed by atoms with van der Waals surface area (Å²) in [6, 6.07) is 6.39. The van der Waals surface area contributed by atoms with Gasteiger partial charge in [0.15, 0.2) is 0 Å². The Labute approximate surface area is 107 Å². The fourth-order valence-corrected chi connectivity index (χ4v) is 2.90. The Bertz CT molecular complexity index is 482. The Balaban J connectivity index is 2.30. The number of aryl methyl sites for hydroxylation is 2. The lowest BCUT2D eigenvalue weighted by atomic mass is 10.0. The SMILES string of the molecule is CCNCc1csc(-c2c(C)cccc2C)n1. The highest BCUT2D eigenvalue weighted by Crippen LogP contribution is 2.29. The maximum Gasteiger partial charge on any atom is 0.124 e. The smallest absolute Gasteiger partial charge is 0.124 e. The van der Waals surface area contributed by atoms with Crippen molar-refractivity contribution >= 4 is 11.3 Å². The van der Waals surface area contributed by atoms with Crippen LogP contribution in [0.2, 0.25) is 0 Å². The molecule has 2 rings (SSSR count). The van der Waals surface area contributed by atoms with Gasteiger partial charge in [-0.15, -0.1) is 11.3 Å². The van der Waals surface area contributed by atoms with Crippen LogP contribution in [0.25, 0.3) is 10.6 Å². The van der Waals surface area contributed by atoms with Crippen molar-refractivity contribution in [2.24, 2.45) is 0 Å². The van der Waals surface area contributed by atoms with Gasteiger partial charge in [-0.25, -0.2) is 4.98 Å². The van der Waals surface area contributed by atoms with E-state index in [4.69, 9.17) is 4.98 Å². The lowest BCUT2D eigenvalue weighted by molar-refractivity contribution is 0.715. The molecule has 0 aliphatic carbocycles. The largest absolute Gasteiger partial charge is 0.311 e. The van der Waals surface area contributed by atoms with Crippen LogP contribution >= 0.6 is 11.3 Å². The second kappa shape index (κ2) is 5.43. The molecule has 0 amide bonds. The van der Waals surface area contributed by atoms with Crippen LogP contribution in [-0.2, 0) is 6.54 Å². The molecule has 1 N–H and O–H groups in total. The summed E-state index contributed by atoms with van der Waals surface area (Å²) in [6.45, 7) is 8.24. The number of hydrogen-bond acceptors (Lipinski definition) is 3. The maximum absolute atomic E-state index is 4.70. The van der Waals surface area contributed by atoms with Gasteiger partial charge in [0.1, 0.15) is 5.01 Å². The van der Waals surface area contributed by atoms with Crippen molar-refractivity contribution in [3.05, 3.63) is 40.4 Å². The molecule has 0 saturated carbocycles. The highest BCUT2D eigenvalue weighted by Gasteiger charge is 2.09. The van der Waals surface area contributed by atoms with Crippen LogP contribution in [0.1, 0.15) is 23.7 Å². The van der Waals surface area contributed by atoms with Crippen molar-refractivity contribution in [3.8, 4) is 10.6 Å². The summed E-state index contributed by atoms with van der Waals surface area (Å²) in [7, 11) is 0. The molecule has 2 nitrogen and oxygen atoms in total. The second-order valence-electron chi connectivity index (χ2n) is 4.19. The lowest BCUT2D eigenvalue weighted by Gasteiger charge is -2.05. The predicted molar refractivity (Wildman–Crippen MR) is 74.4 cm³/mol. The van der Waals surface area contributed by atoms with Crippen molar-refractivity contribution in [1.82, 2.24) is 10.3 Å². The molecular weight excluding hydrogens is 228 g/mol. The Morgan fingerprint density at radius 1 is 1.24 bits per heavy atom. The first-order chi connectivity index (χ1) is 8.22. The quantitative estimate of drug-likeness (QED) is 0.892. The molecule has 2 aromatic rings. The van der Waals surface area contributed by atoms with Crippen LogP contribution in [0.3, 0.4) is 0 Å².